The monoisotopic (exact) mass is 551 g/mol. The van der Waals surface area contributed by atoms with E-state index in [9.17, 15) is 18.8 Å². The number of halogens is 1. The van der Waals surface area contributed by atoms with Crippen LogP contribution in [0.15, 0.2) is 91.0 Å². The van der Waals surface area contributed by atoms with E-state index in [4.69, 9.17) is 0 Å². The minimum atomic E-state index is -0.817. The molecule has 0 spiro atoms. The molecule has 7 heteroatoms. The van der Waals surface area contributed by atoms with Gasteiger partial charge < -0.3 is 15.1 Å². The number of nitrogens with zero attached hydrogens (tertiary/aromatic N) is 2. The number of hydrogen-bond donors (Lipinski definition) is 1. The molecule has 5 rings (SSSR count). The highest BCUT2D eigenvalue weighted by Gasteiger charge is 2.32. The predicted molar refractivity (Wildman–Crippen MR) is 159 cm³/mol. The lowest BCUT2D eigenvalue weighted by atomic mass is 10.0. The zero-order valence-corrected chi connectivity index (χ0v) is 23.2. The Kier molecular flexibility index (Phi) is 8.73. The molecule has 210 valence electrons. The molecule has 41 heavy (non-hydrogen) atoms. The fraction of sp³-hybridized carbons (Fsp3) is 0.265. The topological polar surface area (TPSA) is 69.7 Å². The number of anilines is 1. The highest BCUT2D eigenvalue weighted by atomic mass is 19.1. The maximum Gasteiger partial charge on any atom is 0.258 e. The Morgan fingerprint density at radius 2 is 1.66 bits per heavy atom. The number of amides is 3. The third kappa shape index (κ3) is 6.14. The van der Waals surface area contributed by atoms with Crippen LogP contribution in [0.1, 0.15) is 47.7 Å². The first kappa shape index (κ1) is 28.0. The molecule has 0 saturated heterocycles. The molecule has 1 heterocycles. The lowest BCUT2D eigenvalue weighted by Gasteiger charge is -2.32. The molecular formula is C34H34FN3O3. The average molecular weight is 552 g/mol. The van der Waals surface area contributed by atoms with Crippen molar-refractivity contribution in [2.75, 3.05) is 18.0 Å². The van der Waals surface area contributed by atoms with Gasteiger partial charge in [-0.25, -0.2) is 4.39 Å². The zero-order valence-electron chi connectivity index (χ0n) is 23.2. The molecule has 1 aliphatic heterocycles. The van der Waals surface area contributed by atoms with Gasteiger partial charge in [0.2, 0.25) is 11.8 Å². The highest BCUT2D eigenvalue weighted by Crippen LogP contribution is 2.37. The summed E-state index contributed by atoms with van der Waals surface area (Å²) in [6.45, 7) is 2.77. The maximum absolute atomic E-state index is 14.8. The van der Waals surface area contributed by atoms with Crippen molar-refractivity contribution in [2.45, 2.75) is 45.2 Å². The van der Waals surface area contributed by atoms with Crippen molar-refractivity contribution in [3.05, 3.63) is 114 Å². The quantitative estimate of drug-likeness (QED) is 0.239. The molecule has 0 aromatic heterocycles. The van der Waals surface area contributed by atoms with Crippen LogP contribution in [0.3, 0.4) is 0 Å². The van der Waals surface area contributed by atoms with Crippen LogP contribution in [-0.4, -0.2) is 41.8 Å². The fourth-order valence-corrected chi connectivity index (χ4v) is 5.46. The van der Waals surface area contributed by atoms with Gasteiger partial charge in [-0.3, -0.25) is 14.4 Å². The SMILES string of the molecule is CCCNC(=O)[C@@H](Cc1ccccc1)N(Cc1ccccc1F)C(=O)CCCN1C(=O)c2cccc3cccc1c23. The molecule has 0 saturated carbocycles. The van der Waals surface area contributed by atoms with Gasteiger partial charge in [0.1, 0.15) is 11.9 Å². The van der Waals surface area contributed by atoms with Gasteiger partial charge in [-0.1, -0.05) is 79.7 Å². The predicted octanol–water partition coefficient (Wildman–Crippen LogP) is 5.89. The Morgan fingerprint density at radius 1 is 0.927 bits per heavy atom. The van der Waals surface area contributed by atoms with E-state index in [0.29, 0.717) is 37.1 Å². The number of carbonyl (C=O) groups excluding carboxylic acids is 3. The molecule has 3 amide bonds. The van der Waals surface area contributed by atoms with E-state index in [-0.39, 0.29) is 30.7 Å². The van der Waals surface area contributed by atoms with Crippen molar-refractivity contribution >= 4 is 34.2 Å². The summed E-state index contributed by atoms with van der Waals surface area (Å²) in [5.41, 5.74) is 2.77. The molecule has 1 atom stereocenters. The number of nitrogens with one attached hydrogen (secondary N) is 1. The largest absolute Gasteiger partial charge is 0.354 e. The van der Waals surface area contributed by atoms with Crippen molar-refractivity contribution < 1.29 is 18.8 Å². The van der Waals surface area contributed by atoms with Crippen molar-refractivity contribution in [3.8, 4) is 0 Å². The molecule has 1 N–H and O–H groups in total. The Morgan fingerprint density at radius 3 is 2.41 bits per heavy atom. The highest BCUT2D eigenvalue weighted by molar-refractivity contribution is 6.25. The van der Waals surface area contributed by atoms with Gasteiger partial charge in [-0.05, 0) is 42.0 Å². The number of carbonyl (C=O) groups is 3. The second kappa shape index (κ2) is 12.8. The summed E-state index contributed by atoms with van der Waals surface area (Å²) in [4.78, 5) is 43.7. The van der Waals surface area contributed by atoms with E-state index in [1.54, 1.807) is 23.1 Å². The van der Waals surface area contributed by atoms with Crippen LogP contribution in [0.2, 0.25) is 0 Å². The summed E-state index contributed by atoms with van der Waals surface area (Å²) in [6, 6.07) is 26.6. The minimum absolute atomic E-state index is 0.0318. The molecule has 0 bridgehead atoms. The lowest BCUT2D eigenvalue weighted by molar-refractivity contribution is -0.141. The van der Waals surface area contributed by atoms with Crippen LogP contribution in [0, 0.1) is 5.82 Å². The van der Waals surface area contributed by atoms with Crippen LogP contribution >= 0.6 is 0 Å². The van der Waals surface area contributed by atoms with Crippen LogP contribution in [0.5, 0.6) is 0 Å². The molecule has 0 fully saturated rings. The summed E-state index contributed by atoms with van der Waals surface area (Å²) in [5, 5.41) is 4.87. The van der Waals surface area contributed by atoms with Crippen molar-refractivity contribution in [3.63, 3.8) is 0 Å². The van der Waals surface area contributed by atoms with E-state index in [1.807, 2.05) is 73.7 Å². The van der Waals surface area contributed by atoms with Crippen molar-refractivity contribution in [1.29, 1.82) is 0 Å². The van der Waals surface area contributed by atoms with Gasteiger partial charge >= 0.3 is 0 Å². The molecule has 0 radical (unpaired) electrons. The first-order valence-electron chi connectivity index (χ1n) is 14.2. The number of rotatable bonds is 12. The van der Waals surface area contributed by atoms with E-state index in [1.165, 1.54) is 11.0 Å². The van der Waals surface area contributed by atoms with Crippen LogP contribution in [-0.2, 0) is 22.6 Å². The third-order valence-electron chi connectivity index (χ3n) is 7.54. The third-order valence-corrected chi connectivity index (χ3v) is 7.54. The fourth-order valence-electron chi connectivity index (χ4n) is 5.46. The average Bonchev–Trinajstić information content (AvgIpc) is 3.27. The van der Waals surface area contributed by atoms with Crippen LogP contribution < -0.4 is 10.2 Å². The summed E-state index contributed by atoms with van der Waals surface area (Å²) in [6.07, 6.45) is 1.57. The normalized spacial score (nSPS) is 12.9. The Labute approximate surface area is 239 Å². The standard InChI is InChI=1S/C34H34FN3O3/c1-2-20-36-33(40)30(22-24-11-4-3-5-12-24)38(23-26-13-6-7-17-28(26)35)31(39)19-10-21-37-29-18-9-15-25-14-8-16-27(32(25)29)34(37)41/h3-9,11-18,30H,2,10,19-23H2,1H3,(H,36,40)/t30-/m1/s1. The second-order valence-electron chi connectivity index (χ2n) is 10.4. The van der Waals surface area contributed by atoms with E-state index >= 15 is 0 Å². The number of benzene rings is 4. The van der Waals surface area contributed by atoms with E-state index in [2.05, 4.69) is 5.32 Å². The Balaban J connectivity index is 1.37. The van der Waals surface area contributed by atoms with Gasteiger partial charge in [0.25, 0.3) is 5.91 Å². The molecule has 4 aromatic carbocycles. The van der Waals surface area contributed by atoms with E-state index in [0.717, 1.165) is 28.4 Å². The van der Waals surface area contributed by atoms with E-state index < -0.39 is 11.9 Å². The van der Waals surface area contributed by atoms with Crippen molar-refractivity contribution in [2.24, 2.45) is 0 Å². The van der Waals surface area contributed by atoms with Gasteiger partial charge in [0, 0.05) is 49.0 Å². The van der Waals surface area contributed by atoms with Crippen LogP contribution in [0.4, 0.5) is 10.1 Å². The van der Waals surface area contributed by atoms with Gasteiger partial charge in [-0.15, -0.1) is 0 Å². The van der Waals surface area contributed by atoms with Gasteiger partial charge in [0.05, 0.1) is 5.69 Å². The summed E-state index contributed by atoms with van der Waals surface area (Å²) < 4.78 is 14.8. The summed E-state index contributed by atoms with van der Waals surface area (Å²) in [5.74, 6) is -1.03. The first-order valence-corrected chi connectivity index (χ1v) is 14.2. The molecule has 1 aliphatic rings. The second-order valence-corrected chi connectivity index (χ2v) is 10.4. The molecule has 0 unspecified atom stereocenters. The molecule has 4 aromatic rings. The van der Waals surface area contributed by atoms with Crippen molar-refractivity contribution in [1.82, 2.24) is 10.2 Å². The lowest BCUT2D eigenvalue weighted by Crippen LogP contribution is -2.50. The Hall–Kier alpha value is -4.52. The van der Waals surface area contributed by atoms with Gasteiger partial charge in [0.15, 0.2) is 0 Å². The zero-order chi connectivity index (χ0) is 28.8. The van der Waals surface area contributed by atoms with Gasteiger partial charge in [-0.2, -0.15) is 0 Å². The molecule has 0 aliphatic carbocycles. The molecule has 6 nitrogen and oxygen atoms in total. The maximum atomic E-state index is 14.8. The van der Waals surface area contributed by atoms with Crippen LogP contribution in [0.25, 0.3) is 10.8 Å². The minimum Gasteiger partial charge on any atom is -0.354 e. The first-order chi connectivity index (χ1) is 20.0. The molecular weight excluding hydrogens is 517 g/mol. The number of hydrogen-bond acceptors (Lipinski definition) is 3. The smallest absolute Gasteiger partial charge is 0.258 e. The Bertz CT molecular complexity index is 1550. The summed E-state index contributed by atoms with van der Waals surface area (Å²) in [7, 11) is 0. The summed E-state index contributed by atoms with van der Waals surface area (Å²) >= 11 is 0.